The van der Waals surface area contributed by atoms with E-state index in [2.05, 4.69) is 85.0 Å². The van der Waals surface area contributed by atoms with Gasteiger partial charge in [0.15, 0.2) is 5.11 Å². The van der Waals surface area contributed by atoms with Crippen LogP contribution in [0, 0.1) is 0 Å². The summed E-state index contributed by atoms with van der Waals surface area (Å²) in [5.74, 6) is 0. The molecule has 1 rings (SSSR count). The number of hydrogen-bond acceptors (Lipinski definition) is 1. The summed E-state index contributed by atoms with van der Waals surface area (Å²) in [6.45, 7) is 0.543. The van der Waals surface area contributed by atoms with E-state index in [1.807, 2.05) is 0 Å². The van der Waals surface area contributed by atoms with Crippen LogP contribution in [0.1, 0.15) is 5.56 Å². The zero-order valence-corrected chi connectivity index (χ0v) is 16.3. The zero-order chi connectivity index (χ0) is 12.5. The highest BCUT2D eigenvalue weighted by atomic mass is 79.9. The molecule has 0 aromatic heterocycles. The Morgan fingerprint density at radius 3 is 1.69 bits per heavy atom. The highest BCUT2D eigenvalue weighted by Gasteiger charge is 2.17. The van der Waals surface area contributed by atoms with Crippen LogP contribution in [0.5, 0.6) is 0 Å². The second kappa shape index (κ2) is 6.47. The third-order valence-electron chi connectivity index (χ3n) is 1.74. The molecule has 1 aromatic rings. The van der Waals surface area contributed by atoms with Crippen molar-refractivity contribution >= 4 is 97.0 Å². The lowest BCUT2D eigenvalue weighted by atomic mass is 10.2. The van der Waals surface area contributed by atoms with Crippen molar-refractivity contribution in [2.24, 2.45) is 5.73 Å². The van der Waals surface area contributed by atoms with Crippen LogP contribution in [-0.2, 0) is 6.54 Å². The van der Waals surface area contributed by atoms with E-state index < -0.39 is 0 Å². The van der Waals surface area contributed by atoms with E-state index in [4.69, 9.17) is 18.0 Å². The van der Waals surface area contributed by atoms with Gasteiger partial charge in [0.05, 0.1) is 0 Å². The maximum absolute atomic E-state index is 5.40. The Morgan fingerprint density at radius 1 is 0.938 bits per heavy atom. The molecule has 0 saturated heterocycles. The van der Waals surface area contributed by atoms with Crippen molar-refractivity contribution in [1.29, 1.82) is 0 Å². The average Bonchev–Trinajstić information content (AvgIpc) is 2.23. The van der Waals surface area contributed by atoms with Gasteiger partial charge < -0.3 is 11.1 Å². The summed E-state index contributed by atoms with van der Waals surface area (Å²) in [6.07, 6.45) is 0. The second-order valence-electron chi connectivity index (χ2n) is 2.77. The largest absolute Gasteiger partial charge is 0.376 e. The van der Waals surface area contributed by atoms with E-state index in [1.165, 1.54) is 0 Å². The van der Waals surface area contributed by atoms with Crippen molar-refractivity contribution in [3.8, 4) is 0 Å². The predicted octanol–water partition coefficient (Wildman–Crippen LogP) is 4.83. The molecule has 0 saturated carbocycles. The SMILES string of the molecule is NC(=S)NCc1c(Br)c(Br)c(Br)c(Br)c1Br. The van der Waals surface area contributed by atoms with Gasteiger partial charge in [-0.25, -0.2) is 0 Å². The normalized spacial score (nSPS) is 10.3. The van der Waals surface area contributed by atoms with Gasteiger partial charge in [-0.1, -0.05) is 0 Å². The van der Waals surface area contributed by atoms with Gasteiger partial charge in [-0.2, -0.15) is 0 Å². The molecule has 0 unspecified atom stereocenters. The topological polar surface area (TPSA) is 38.0 Å². The highest BCUT2D eigenvalue weighted by Crippen LogP contribution is 2.44. The molecule has 0 fully saturated rings. The maximum atomic E-state index is 5.40. The zero-order valence-electron chi connectivity index (χ0n) is 7.58. The molecular weight excluding hydrogens is 556 g/mol. The number of rotatable bonds is 2. The molecule has 3 N–H and O–H groups in total. The summed E-state index contributed by atoms with van der Waals surface area (Å²) in [5.41, 5.74) is 6.43. The van der Waals surface area contributed by atoms with Gasteiger partial charge in [-0.3, -0.25) is 0 Å². The Balaban J connectivity index is 3.23. The summed E-state index contributed by atoms with van der Waals surface area (Å²) in [4.78, 5) is 0. The maximum Gasteiger partial charge on any atom is 0.163 e. The van der Waals surface area contributed by atoms with E-state index in [0.29, 0.717) is 6.54 Å². The molecule has 0 radical (unpaired) electrons. The molecule has 8 heteroatoms. The van der Waals surface area contributed by atoms with E-state index >= 15 is 0 Å². The molecule has 0 amide bonds. The smallest absolute Gasteiger partial charge is 0.163 e. The van der Waals surface area contributed by atoms with Crippen molar-refractivity contribution in [3.63, 3.8) is 0 Å². The number of hydrogen-bond donors (Lipinski definition) is 2. The summed E-state index contributed by atoms with van der Waals surface area (Å²) >= 11 is 22.2. The van der Waals surface area contributed by atoms with Crippen LogP contribution in [0.4, 0.5) is 0 Å². The molecule has 88 valence electrons. The Bertz CT molecular complexity index is 420. The summed E-state index contributed by atoms with van der Waals surface area (Å²) < 4.78 is 4.69. The first kappa shape index (κ1) is 15.4. The quantitative estimate of drug-likeness (QED) is 0.309. The number of benzene rings is 1. The van der Waals surface area contributed by atoms with Gasteiger partial charge in [0, 0.05) is 34.5 Å². The van der Waals surface area contributed by atoms with Crippen LogP contribution in [-0.4, -0.2) is 5.11 Å². The fraction of sp³-hybridized carbons (Fsp3) is 0.125. The van der Waals surface area contributed by atoms with Gasteiger partial charge in [-0.15, -0.1) is 0 Å². The third-order valence-corrected chi connectivity index (χ3v) is 8.14. The van der Waals surface area contributed by atoms with Crippen molar-refractivity contribution in [2.75, 3.05) is 0 Å². The van der Waals surface area contributed by atoms with Gasteiger partial charge in [0.2, 0.25) is 0 Å². The van der Waals surface area contributed by atoms with E-state index in [1.54, 1.807) is 0 Å². The van der Waals surface area contributed by atoms with Gasteiger partial charge >= 0.3 is 0 Å². The Labute approximate surface area is 141 Å². The second-order valence-corrected chi connectivity index (χ2v) is 7.17. The fourth-order valence-corrected chi connectivity index (χ4v) is 4.46. The first-order chi connectivity index (χ1) is 7.36. The van der Waals surface area contributed by atoms with E-state index in [9.17, 15) is 0 Å². The Hall–Kier alpha value is 1.31. The lowest BCUT2D eigenvalue weighted by molar-refractivity contribution is 0.905. The number of thiocarbonyl (C=S) groups is 1. The lowest BCUT2D eigenvalue weighted by Gasteiger charge is -2.14. The van der Waals surface area contributed by atoms with Gasteiger partial charge in [0.1, 0.15) is 0 Å². The molecule has 1 aromatic carbocycles. The molecule has 0 heterocycles. The van der Waals surface area contributed by atoms with Crippen LogP contribution in [0.25, 0.3) is 0 Å². The number of nitrogens with one attached hydrogen (secondary N) is 1. The van der Waals surface area contributed by atoms with Gasteiger partial charge in [-0.05, 0) is 91.9 Å². The minimum absolute atomic E-state index is 0.272. The monoisotopic (exact) mass is 556 g/mol. The Kier molecular flexibility index (Phi) is 6.21. The Morgan fingerprint density at radius 2 is 1.31 bits per heavy atom. The highest BCUT2D eigenvalue weighted by molar-refractivity contribution is 9.15. The summed E-state index contributed by atoms with van der Waals surface area (Å²) in [7, 11) is 0. The predicted molar refractivity (Wildman–Crippen MR) is 88.6 cm³/mol. The number of nitrogens with two attached hydrogens (primary N) is 1. The van der Waals surface area contributed by atoms with Crippen molar-refractivity contribution in [2.45, 2.75) is 6.54 Å². The molecule has 0 aliphatic heterocycles. The van der Waals surface area contributed by atoms with Gasteiger partial charge in [0.25, 0.3) is 0 Å². The van der Waals surface area contributed by atoms with Crippen LogP contribution >= 0.6 is 91.9 Å². The summed E-state index contributed by atoms with van der Waals surface area (Å²) in [5, 5.41) is 3.18. The molecule has 0 aliphatic carbocycles. The molecule has 0 atom stereocenters. The standard InChI is InChI=1S/C8H5Br5N2S/c9-3-2(1-15-8(14)16)4(10)6(12)7(13)5(3)11/h1H2,(H3,14,15,16). The first-order valence-electron chi connectivity index (χ1n) is 3.89. The first-order valence-corrected chi connectivity index (χ1v) is 8.27. The van der Waals surface area contributed by atoms with Crippen LogP contribution in [0.15, 0.2) is 22.4 Å². The molecule has 0 spiro atoms. The van der Waals surface area contributed by atoms with Crippen LogP contribution in [0.2, 0.25) is 0 Å². The van der Waals surface area contributed by atoms with Crippen molar-refractivity contribution < 1.29 is 0 Å². The minimum Gasteiger partial charge on any atom is -0.376 e. The van der Waals surface area contributed by atoms with Crippen LogP contribution < -0.4 is 11.1 Å². The lowest BCUT2D eigenvalue weighted by Crippen LogP contribution is -2.28. The fourth-order valence-electron chi connectivity index (χ4n) is 0.981. The third kappa shape index (κ3) is 3.41. The van der Waals surface area contributed by atoms with E-state index in [0.717, 1.165) is 27.9 Å². The van der Waals surface area contributed by atoms with Crippen molar-refractivity contribution in [3.05, 3.63) is 27.9 Å². The minimum atomic E-state index is 0.272. The molecule has 0 bridgehead atoms. The summed E-state index contributed by atoms with van der Waals surface area (Å²) in [6, 6.07) is 0. The number of halogens is 5. The van der Waals surface area contributed by atoms with Crippen LogP contribution in [0.3, 0.4) is 0 Å². The molecule has 16 heavy (non-hydrogen) atoms. The molecular formula is C8H5Br5N2S. The average molecular weight is 561 g/mol. The van der Waals surface area contributed by atoms with E-state index in [-0.39, 0.29) is 5.11 Å². The molecule has 2 nitrogen and oxygen atoms in total. The molecule has 0 aliphatic rings. The van der Waals surface area contributed by atoms with Crippen molar-refractivity contribution in [1.82, 2.24) is 5.32 Å².